The van der Waals surface area contributed by atoms with E-state index in [4.69, 9.17) is 4.74 Å². The van der Waals surface area contributed by atoms with E-state index in [2.05, 4.69) is 10.1 Å². The van der Waals surface area contributed by atoms with E-state index in [0.717, 1.165) is 16.9 Å². The first-order valence-electron chi connectivity index (χ1n) is 7.61. The number of thioether (sulfide) groups is 1. The summed E-state index contributed by atoms with van der Waals surface area (Å²) < 4.78 is 6.61. The van der Waals surface area contributed by atoms with Crippen LogP contribution in [0.2, 0.25) is 0 Å². The van der Waals surface area contributed by atoms with E-state index in [1.165, 1.54) is 4.68 Å². The van der Waals surface area contributed by atoms with Crippen molar-refractivity contribution >= 4 is 17.7 Å². The molecule has 24 heavy (non-hydrogen) atoms. The van der Waals surface area contributed by atoms with Crippen LogP contribution in [0.3, 0.4) is 0 Å². The highest BCUT2D eigenvalue weighted by Crippen LogP contribution is 2.41. The van der Waals surface area contributed by atoms with E-state index in [1.807, 2.05) is 54.6 Å². The van der Waals surface area contributed by atoms with Gasteiger partial charge in [-0.3, -0.25) is 4.79 Å². The Kier molecular flexibility index (Phi) is 3.82. The zero-order valence-corrected chi connectivity index (χ0v) is 13.9. The van der Waals surface area contributed by atoms with Gasteiger partial charge in [-0.05, 0) is 17.7 Å². The molecule has 1 aliphatic rings. The molecule has 0 saturated carbocycles. The molecule has 1 aromatic heterocycles. The summed E-state index contributed by atoms with van der Waals surface area (Å²) in [6, 6.07) is 17.5. The van der Waals surface area contributed by atoms with Gasteiger partial charge >= 0.3 is 0 Å². The highest BCUT2D eigenvalue weighted by atomic mass is 32.2. The molecule has 3 aromatic rings. The number of carbonyl (C=O) groups is 1. The van der Waals surface area contributed by atoms with Crippen LogP contribution in [0.5, 0.6) is 5.75 Å². The quantitative estimate of drug-likeness (QED) is 0.727. The van der Waals surface area contributed by atoms with Gasteiger partial charge in [0.1, 0.15) is 5.75 Å². The molecule has 1 aliphatic heterocycles. The predicted octanol–water partition coefficient (Wildman–Crippen LogP) is 3.83. The van der Waals surface area contributed by atoms with E-state index >= 15 is 0 Å². The molecular formula is C18H15N3O2S. The van der Waals surface area contributed by atoms with Gasteiger partial charge < -0.3 is 4.74 Å². The van der Waals surface area contributed by atoms with Crippen LogP contribution in [0.4, 0.5) is 0 Å². The van der Waals surface area contributed by atoms with Gasteiger partial charge in [0, 0.05) is 17.2 Å². The fourth-order valence-electron chi connectivity index (χ4n) is 2.66. The van der Waals surface area contributed by atoms with Crippen LogP contribution in [0.1, 0.15) is 22.0 Å². The van der Waals surface area contributed by atoms with Gasteiger partial charge in [-0.15, -0.1) is 5.10 Å². The summed E-state index contributed by atoms with van der Waals surface area (Å²) in [6.07, 6.45) is 0.404. The minimum atomic E-state index is -0.0285. The molecule has 5 nitrogen and oxygen atoms in total. The number of ether oxygens (including phenoxy) is 1. The Bertz CT molecular complexity index is 875. The monoisotopic (exact) mass is 337 g/mol. The number of hydrogen-bond acceptors (Lipinski definition) is 5. The van der Waals surface area contributed by atoms with Gasteiger partial charge in [-0.2, -0.15) is 4.68 Å². The number of carbonyl (C=O) groups excluding carboxylic acids is 1. The summed E-state index contributed by atoms with van der Waals surface area (Å²) in [6.45, 7) is 0. The third-order valence-electron chi connectivity index (χ3n) is 3.94. The normalized spacial score (nSPS) is 16.7. The van der Waals surface area contributed by atoms with Crippen molar-refractivity contribution in [2.75, 3.05) is 7.11 Å². The van der Waals surface area contributed by atoms with Crippen LogP contribution in [-0.2, 0) is 0 Å². The van der Waals surface area contributed by atoms with Crippen molar-refractivity contribution < 1.29 is 9.53 Å². The maximum atomic E-state index is 12.5. The highest BCUT2D eigenvalue weighted by Gasteiger charge is 2.30. The number of hydrogen-bond donors (Lipinski definition) is 0. The van der Waals surface area contributed by atoms with E-state index in [1.54, 1.807) is 18.9 Å². The third-order valence-corrected chi connectivity index (χ3v) is 5.14. The number of methoxy groups -OCH3 is 1. The van der Waals surface area contributed by atoms with Crippen molar-refractivity contribution in [2.24, 2.45) is 0 Å². The van der Waals surface area contributed by atoms with Crippen LogP contribution in [0.15, 0.2) is 59.8 Å². The summed E-state index contributed by atoms with van der Waals surface area (Å²) in [5, 5.41) is 5.06. The molecule has 0 saturated heterocycles. The molecule has 4 rings (SSSR count). The van der Waals surface area contributed by atoms with E-state index < -0.39 is 0 Å². The number of rotatable bonds is 3. The molecule has 0 bridgehead atoms. The average molecular weight is 337 g/mol. The number of fused-ring (bicyclic) bond motifs is 1. The first-order chi connectivity index (χ1) is 11.7. The van der Waals surface area contributed by atoms with Crippen molar-refractivity contribution in [3.8, 4) is 17.1 Å². The van der Waals surface area contributed by atoms with Crippen LogP contribution < -0.4 is 4.74 Å². The van der Waals surface area contributed by atoms with Gasteiger partial charge in [0.15, 0.2) is 11.0 Å². The number of nitrogens with zero attached hydrogens (tertiary/aromatic N) is 3. The topological polar surface area (TPSA) is 57.0 Å². The lowest BCUT2D eigenvalue weighted by molar-refractivity contribution is 0.0868. The molecule has 0 radical (unpaired) electrons. The Morgan fingerprint density at radius 1 is 1.12 bits per heavy atom. The van der Waals surface area contributed by atoms with Crippen molar-refractivity contribution in [1.29, 1.82) is 0 Å². The summed E-state index contributed by atoms with van der Waals surface area (Å²) in [4.78, 5) is 17.0. The minimum absolute atomic E-state index is 0.0285. The summed E-state index contributed by atoms with van der Waals surface area (Å²) in [7, 11) is 1.64. The maximum Gasteiger partial charge on any atom is 0.250 e. The van der Waals surface area contributed by atoms with E-state index in [0.29, 0.717) is 17.4 Å². The predicted molar refractivity (Wildman–Crippen MR) is 92.3 cm³/mol. The molecule has 120 valence electrons. The van der Waals surface area contributed by atoms with Crippen molar-refractivity contribution in [3.05, 3.63) is 60.2 Å². The second kappa shape index (κ2) is 6.13. The minimum Gasteiger partial charge on any atom is -0.497 e. The molecule has 0 amide bonds. The lowest BCUT2D eigenvalue weighted by atomic mass is 10.1. The van der Waals surface area contributed by atoms with Gasteiger partial charge in [0.25, 0.3) is 5.91 Å². The lowest BCUT2D eigenvalue weighted by Crippen LogP contribution is -2.20. The van der Waals surface area contributed by atoms with E-state index in [9.17, 15) is 4.79 Å². The summed E-state index contributed by atoms with van der Waals surface area (Å²) in [5.74, 6) is 1.36. The zero-order valence-electron chi connectivity index (χ0n) is 13.0. The summed E-state index contributed by atoms with van der Waals surface area (Å²) in [5.41, 5.74) is 2.00. The van der Waals surface area contributed by atoms with Gasteiger partial charge in [-0.1, -0.05) is 54.2 Å². The smallest absolute Gasteiger partial charge is 0.250 e. The largest absolute Gasteiger partial charge is 0.497 e. The molecule has 0 unspecified atom stereocenters. The SMILES string of the molecule is COc1ccc([C@H]2CC(=O)n3nc(-c4ccccc4)nc3S2)cc1. The highest BCUT2D eigenvalue weighted by molar-refractivity contribution is 7.99. The number of benzene rings is 2. The molecule has 0 spiro atoms. The Balaban J connectivity index is 1.64. The van der Waals surface area contributed by atoms with Crippen LogP contribution in [-0.4, -0.2) is 27.8 Å². The molecule has 0 fully saturated rings. The molecule has 0 N–H and O–H groups in total. The van der Waals surface area contributed by atoms with Crippen molar-refractivity contribution in [1.82, 2.24) is 14.8 Å². The Morgan fingerprint density at radius 3 is 2.58 bits per heavy atom. The Labute approximate surface area is 143 Å². The first-order valence-corrected chi connectivity index (χ1v) is 8.49. The number of aromatic nitrogens is 3. The Morgan fingerprint density at radius 2 is 1.88 bits per heavy atom. The van der Waals surface area contributed by atoms with Crippen LogP contribution in [0, 0.1) is 0 Å². The van der Waals surface area contributed by atoms with E-state index in [-0.39, 0.29) is 11.2 Å². The summed E-state index contributed by atoms with van der Waals surface area (Å²) >= 11 is 1.57. The second-order valence-electron chi connectivity index (χ2n) is 5.47. The standard InChI is InChI=1S/C18H15N3O2S/c1-23-14-9-7-12(8-10-14)15-11-16(22)21-18(24-15)19-17(20-21)13-5-3-2-4-6-13/h2-10,15H,11H2,1H3/t15-/m1/s1. The maximum absolute atomic E-state index is 12.5. The van der Waals surface area contributed by atoms with Crippen molar-refractivity contribution in [2.45, 2.75) is 16.8 Å². The van der Waals surface area contributed by atoms with Crippen molar-refractivity contribution in [3.63, 3.8) is 0 Å². The molecule has 1 atom stereocenters. The van der Waals surface area contributed by atoms with Gasteiger partial charge in [0.05, 0.1) is 7.11 Å². The average Bonchev–Trinajstić information content (AvgIpc) is 3.07. The third kappa shape index (κ3) is 2.69. The fraction of sp³-hybridized carbons (Fsp3) is 0.167. The molecule has 2 heterocycles. The second-order valence-corrected chi connectivity index (χ2v) is 6.64. The van der Waals surface area contributed by atoms with Gasteiger partial charge in [0.2, 0.25) is 0 Å². The Hall–Kier alpha value is -2.60. The zero-order chi connectivity index (χ0) is 16.5. The molecule has 2 aromatic carbocycles. The fourth-order valence-corrected chi connectivity index (χ4v) is 3.82. The molecular weight excluding hydrogens is 322 g/mol. The van der Waals surface area contributed by atoms with Crippen LogP contribution >= 0.6 is 11.8 Å². The lowest BCUT2D eigenvalue weighted by Gasteiger charge is -2.20. The molecule has 6 heteroatoms. The van der Waals surface area contributed by atoms with Crippen LogP contribution in [0.25, 0.3) is 11.4 Å². The molecule has 0 aliphatic carbocycles. The van der Waals surface area contributed by atoms with Gasteiger partial charge in [-0.25, -0.2) is 4.98 Å². The first kappa shape index (κ1) is 15.0.